The fourth-order valence-corrected chi connectivity index (χ4v) is 1.50. The van der Waals surface area contributed by atoms with E-state index in [1.807, 2.05) is 0 Å². The smallest absolute Gasteiger partial charge is 0.342 e. The summed E-state index contributed by atoms with van der Waals surface area (Å²) in [5.74, 6) is -1.77. The summed E-state index contributed by atoms with van der Waals surface area (Å²) in [6.45, 7) is 0.591. The van der Waals surface area contributed by atoms with E-state index in [1.54, 1.807) is 0 Å². The van der Waals surface area contributed by atoms with Crippen LogP contribution in [0.2, 0.25) is 0 Å². The zero-order valence-electron chi connectivity index (χ0n) is 10.3. The third-order valence-corrected chi connectivity index (χ3v) is 2.57. The van der Waals surface area contributed by atoms with Gasteiger partial charge in [-0.25, -0.2) is 4.39 Å². The molecule has 0 spiro atoms. The number of hydrogen-bond donors (Lipinski definition) is 1. The van der Waals surface area contributed by atoms with Gasteiger partial charge in [-0.05, 0) is 31.2 Å². The van der Waals surface area contributed by atoms with Gasteiger partial charge in [0.05, 0.1) is 11.1 Å². The quantitative estimate of drug-likeness (QED) is 0.859. The Morgan fingerprint density at radius 3 is 2.53 bits per heavy atom. The first kappa shape index (κ1) is 15.4. The molecule has 0 aliphatic carbocycles. The second kappa shape index (κ2) is 6.01. The number of amides is 1. The van der Waals surface area contributed by atoms with Crippen LogP contribution in [0.4, 0.5) is 17.6 Å². The molecule has 0 saturated heterocycles. The van der Waals surface area contributed by atoms with Gasteiger partial charge < -0.3 is 10.6 Å². The van der Waals surface area contributed by atoms with Crippen molar-refractivity contribution in [3.63, 3.8) is 0 Å². The summed E-state index contributed by atoms with van der Waals surface area (Å²) in [6, 6.07) is 1.77. The summed E-state index contributed by atoms with van der Waals surface area (Å²) in [4.78, 5) is 13.0. The number of carbonyl (C=O) groups excluding carboxylic acids is 1. The molecule has 1 aromatic carbocycles. The SMILES string of the molecule is CN(CCCN)C(=O)c1cc(C(F)(F)F)ccc1F. The second-order valence-corrected chi connectivity index (χ2v) is 4.06. The lowest BCUT2D eigenvalue weighted by molar-refractivity contribution is -0.137. The minimum Gasteiger partial charge on any atom is -0.342 e. The molecule has 0 bridgehead atoms. The minimum absolute atomic E-state index is 0.255. The summed E-state index contributed by atoms with van der Waals surface area (Å²) < 4.78 is 51.0. The van der Waals surface area contributed by atoms with Crippen molar-refractivity contribution in [3.05, 3.63) is 35.1 Å². The third-order valence-electron chi connectivity index (χ3n) is 2.57. The van der Waals surface area contributed by atoms with Crippen LogP contribution in [0, 0.1) is 5.82 Å². The van der Waals surface area contributed by atoms with Gasteiger partial charge in [0.1, 0.15) is 5.82 Å². The first-order valence-electron chi connectivity index (χ1n) is 5.59. The number of carbonyl (C=O) groups is 1. The number of halogens is 4. The highest BCUT2D eigenvalue weighted by Crippen LogP contribution is 2.30. The van der Waals surface area contributed by atoms with E-state index in [2.05, 4.69) is 0 Å². The number of benzene rings is 1. The van der Waals surface area contributed by atoms with E-state index in [9.17, 15) is 22.4 Å². The zero-order chi connectivity index (χ0) is 14.6. The molecule has 2 N–H and O–H groups in total. The molecule has 0 saturated carbocycles. The monoisotopic (exact) mass is 278 g/mol. The number of alkyl halides is 3. The van der Waals surface area contributed by atoms with Crippen molar-refractivity contribution in [1.82, 2.24) is 4.90 Å². The van der Waals surface area contributed by atoms with E-state index in [0.29, 0.717) is 31.2 Å². The average molecular weight is 278 g/mol. The van der Waals surface area contributed by atoms with E-state index >= 15 is 0 Å². The Balaban J connectivity index is 3.02. The largest absolute Gasteiger partial charge is 0.416 e. The molecular weight excluding hydrogens is 264 g/mol. The molecule has 0 fully saturated rings. The summed E-state index contributed by atoms with van der Waals surface area (Å²) in [7, 11) is 1.39. The van der Waals surface area contributed by atoms with Gasteiger partial charge in [0, 0.05) is 13.6 Å². The minimum atomic E-state index is -4.61. The molecule has 7 heteroatoms. The van der Waals surface area contributed by atoms with E-state index in [-0.39, 0.29) is 6.54 Å². The van der Waals surface area contributed by atoms with Crippen LogP contribution in [0.5, 0.6) is 0 Å². The van der Waals surface area contributed by atoms with E-state index < -0.39 is 29.0 Å². The number of rotatable bonds is 4. The average Bonchev–Trinajstić information content (AvgIpc) is 2.34. The van der Waals surface area contributed by atoms with Crippen LogP contribution in [0.25, 0.3) is 0 Å². The molecule has 19 heavy (non-hydrogen) atoms. The Hall–Kier alpha value is -1.63. The Morgan fingerprint density at radius 2 is 2.00 bits per heavy atom. The molecule has 0 aromatic heterocycles. The van der Waals surface area contributed by atoms with Crippen LogP contribution < -0.4 is 5.73 Å². The van der Waals surface area contributed by atoms with E-state index in [1.165, 1.54) is 7.05 Å². The number of nitrogens with zero attached hydrogens (tertiary/aromatic N) is 1. The standard InChI is InChI=1S/C12H14F4N2O/c1-18(6-2-5-17)11(19)9-7-8(12(14,15)16)3-4-10(9)13/h3-4,7H,2,5-6,17H2,1H3. The third kappa shape index (κ3) is 3.92. The lowest BCUT2D eigenvalue weighted by Crippen LogP contribution is -2.30. The normalized spacial score (nSPS) is 11.5. The molecule has 1 aromatic rings. The molecule has 0 radical (unpaired) electrons. The molecule has 0 unspecified atom stereocenters. The van der Waals surface area contributed by atoms with Gasteiger partial charge in [0.15, 0.2) is 0 Å². The molecule has 0 aliphatic rings. The lowest BCUT2D eigenvalue weighted by Gasteiger charge is -2.18. The van der Waals surface area contributed by atoms with Crippen LogP contribution in [0.15, 0.2) is 18.2 Å². The van der Waals surface area contributed by atoms with Crippen molar-refractivity contribution in [2.75, 3.05) is 20.1 Å². The van der Waals surface area contributed by atoms with Crippen molar-refractivity contribution in [3.8, 4) is 0 Å². The summed E-state index contributed by atoms with van der Waals surface area (Å²) in [6.07, 6.45) is -4.12. The lowest BCUT2D eigenvalue weighted by atomic mass is 10.1. The van der Waals surface area contributed by atoms with E-state index in [4.69, 9.17) is 5.73 Å². The van der Waals surface area contributed by atoms with Gasteiger partial charge in [-0.3, -0.25) is 4.79 Å². The van der Waals surface area contributed by atoms with Crippen molar-refractivity contribution < 1.29 is 22.4 Å². The maximum absolute atomic E-state index is 13.5. The maximum atomic E-state index is 13.5. The molecular formula is C12H14F4N2O. The molecule has 1 amide bonds. The Kier molecular flexibility index (Phi) is 4.88. The van der Waals surface area contributed by atoms with Gasteiger partial charge in [-0.15, -0.1) is 0 Å². The molecule has 0 atom stereocenters. The number of hydrogen-bond acceptors (Lipinski definition) is 2. The van der Waals surface area contributed by atoms with E-state index in [0.717, 1.165) is 4.90 Å². The van der Waals surface area contributed by atoms with Crippen LogP contribution in [-0.2, 0) is 6.18 Å². The summed E-state index contributed by atoms with van der Waals surface area (Å²) in [5, 5.41) is 0. The number of nitrogens with two attached hydrogens (primary N) is 1. The molecule has 1 rings (SSSR count). The molecule has 0 aliphatic heterocycles. The molecule has 0 heterocycles. The van der Waals surface area contributed by atoms with Gasteiger partial charge in [0.2, 0.25) is 0 Å². The van der Waals surface area contributed by atoms with Gasteiger partial charge >= 0.3 is 6.18 Å². The first-order chi connectivity index (χ1) is 8.77. The Bertz CT molecular complexity index is 460. The fraction of sp³-hybridized carbons (Fsp3) is 0.417. The van der Waals surface area contributed by atoms with Crippen molar-refractivity contribution >= 4 is 5.91 Å². The molecule has 106 valence electrons. The highest BCUT2D eigenvalue weighted by Gasteiger charge is 2.32. The van der Waals surface area contributed by atoms with Gasteiger partial charge in [-0.1, -0.05) is 0 Å². The molecule has 3 nitrogen and oxygen atoms in total. The topological polar surface area (TPSA) is 46.3 Å². The fourth-order valence-electron chi connectivity index (χ4n) is 1.50. The predicted octanol–water partition coefficient (Wildman–Crippen LogP) is 2.27. The highest BCUT2D eigenvalue weighted by molar-refractivity contribution is 5.94. The van der Waals surface area contributed by atoms with Crippen LogP contribution in [0.1, 0.15) is 22.3 Å². The van der Waals surface area contributed by atoms with Crippen molar-refractivity contribution in [1.29, 1.82) is 0 Å². The summed E-state index contributed by atoms with van der Waals surface area (Å²) in [5.41, 5.74) is 3.63. The van der Waals surface area contributed by atoms with Crippen LogP contribution in [-0.4, -0.2) is 30.9 Å². The van der Waals surface area contributed by atoms with Crippen LogP contribution in [0.3, 0.4) is 0 Å². The summed E-state index contributed by atoms with van der Waals surface area (Å²) >= 11 is 0. The van der Waals surface area contributed by atoms with Crippen molar-refractivity contribution in [2.45, 2.75) is 12.6 Å². The highest BCUT2D eigenvalue weighted by atomic mass is 19.4. The Labute approximate surface area is 108 Å². The van der Waals surface area contributed by atoms with Gasteiger partial charge in [0.25, 0.3) is 5.91 Å². The zero-order valence-corrected chi connectivity index (χ0v) is 10.3. The maximum Gasteiger partial charge on any atom is 0.416 e. The first-order valence-corrected chi connectivity index (χ1v) is 5.59. The Morgan fingerprint density at radius 1 is 1.37 bits per heavy atom. The van der Waals surface area contributed by atoms with Crippen LogP contribution >= 0.6 is 0 Å². The second-order valence-electron chi connectivity index (χ2n) is 4.06. The van der Waals surface area contributed by atoms with Gasteiger partial charge in [-0.2, -0.15) is 13.2 Å². The predicted molar refractivity (Wildman–Crippen MR) is 62.0 cm³/mol. The van der Waals surface area contributed by atoms with Crippen molar-refractivity contribution in [2.24, 2.45) is 5.73 Å².